The highest BCUT2D eigenvalue weighted by Crippen LogP contribution is 2.15. The van der Waals surface area contributed by atoms with Crippen molar-refractivity contribution < 1.29 is 0 Å². The Bertz CT molecular complexity index is 341. The van der Waals surface area contributed by atoms with E-state index in [0.29, 0.717) is 11.0 Å². The van der Waals surface area contributed by atoms with Gasteiger partial charge in [0.2, 0.25) is 0 Å². The summed E-state index contributed by atoms with van der Waals surface area (Å²) >= 11 is 6.80. The zero-order valence-corrected chi connectivity index (χ0v) is 6.88. The Kier molecular flexibility index (Phi) is 1.59. The van der Waals surface area contributed by atoms with Gasteiger partial charge in [-0.05, 0) is 0 Å². The van der Waals surface area contributed by atoms with Crippen molar-refractivity contribution in [2.75, 3.05) is 0 Å². The third-order valence-corrected chi connectivity index (χ3v) is 2.05. The average Bonchev–Trinajstić information content (AvgIpc) is 2.55. The molecule has 4 nitrogen and oxygen atoms in total. The highest BCUT2D eigenvalue weighted by atomic mass is 35.5. The molecule has 0 saturated heterocycles. The maximum absolute atomic E-state index is 5.72. The van der Waals surface area contributed by atoms with Gasteiger partial charge < -0.3 is 0 Å². The Balaban J connectivity index is 2.53. The van der Waals surface area contributed by atoms with Gasteiger partial charge in [-0.25, -0.2) is 4.98 Å². The molecule has 0 aliphatic heterocycles. The van der Waals surface area contributed by atoms with Gasteiger partial charge in [-0.1, -0.05) is 11.6 Å². The summed E-state index contributed by atoms with van der Waals surface area (Å²) in [5, 5.41) is 0.410. The molecule has 0 saturated carbocycles. The van der Waals surface area contributed by atoms with Crippen molar-refractivity contribution in [2.45, 2.75) is 0 Å². The van der Waals surface area contributed by atoms with E-state index in [4.69, 9.17) is 11.6 Å². The van der Waals surface area contributed by atoms with E-state index in [1.165, 1.54) is 0 Å². The van der Waals surface area contributed by atoms with Crippen molar-refractivity contribution in [1.82, 2.24) is 18.3 Å². The predicted molar refractivity (Wildman–Crippen MR) is 42.0 cm³/mol. The predicted octanol–water partition coefficient (Wildman–Crippen LogP) is 1.38. The fourth-order valence-corrected chi connectivity index (χ4v) is 1.45. The standard InChI is InChI=1S/C5H3ClN4S/c6-4-5(9-11-8-4)10-2-1-7-3-10/h1-3H. The summed E-state index contributed by atoms with van der Waals surface area (Å²) in [5.41, 5.74) is 0. The van der Waals surface area contributed by atoms with Crippen molar-refractivity contribution in [1.29, 1.82) is 0 Å². The van der Waals surface area contributed by atoms with Gasteiger partial charge >= 0.3 is 0 Å². The van der Waals surface area contributed by atoms with E-state index >= 15 is 0 Å². The van der Waals surface area contributed by atoms with Crippen molar-refractivity contribution >= 4 is 23.3 Å². The number of aromatic nitrogens is 4. The first-order chi connectivity index (χ1) is 5.38. The minimum atomic E-state index is 0.410. The monoisotopic (exact) mass is 186 g/mol. The fourth-order valence-electron chi connectivity index (χ4n) is 0.711. The number of rotatable bonds is 1. The molecule has 2 rings (SSSR count). The van der Waals surface area contributed by atoms with E-state index in [1.807, 2.05) is 0 Å². The van der Waals surface area contributed by atoms with Gasteiger partial charge in [0.25, 0.3) is 0 Å². The highest BCUT2D eigenvalue weighted by molar-refractivity contribution is 6.99. The number of hydrogen-bond donors (Lipinski definition) is 0. The first kappa shape index (κ1) is 6.75. The van der Waals surface area contributed by atoms with Crippen LogP contribution in [0.4, 0.5) is 0 Å². The summed E-state index contributed by atoms with van der Waals surface area (Å²) in [6.45, 7) is 0. The van der Waals surface area contributed by atoms with E-state index in [0.717, 1.165) is 11.7 Å². The molecule has 2 aromatic rings. The Hall–Kier alpha value is -0.940. The van der Waals surface area contributed by atoms with Gasteiger partial charge in [0.15, 0.2) is 11.0 Å². The van der Waals surface area contributed by atoms with Crippen LogP contribution < -0.4 is 0 Å². The van der Waals surface area contributed by atoms with Gasteiger partial charge in [-0.3, -0.25) is 4.57 Å². The quantitative estimate of drug-likeness (QED) is 0.676. The van der Waals surface area contributed by atoms with Gasteiger partial charge in [-0.15, -0.1) is 0 Å². The molecule has 2 heterocycles. The van der Waals surface area contributed by atoms with Crippen LogP contribution in [0.2, 0.25) is 5.15 Å². The molecule has 0 unspecified atom stereocenters. The third-order valence-electron chi connectivity index (χ3n) is 1.18. The number of halogens is 1. The Morgan fingerprint density at radius 1 is 1.45 bits per heavy atom. The van der Waals surface area contributed by atoms with Crippen molar-refractivity contribution in [3.05, 3.63) is 23.9 Å². The lowest BCUT2D eigenvalue weighted by molar-refractivity contribution is 1.02. The first-order valence-electron chi connectivity index (χ1n) is 2.84. The lowest BCUT2D eigenvalue weighted by Gasteiger charge is -1.92. The minimum absolute atomic E-state index is 0.410. The van der Waals surface area contributed by atoms with E-state index in [2.05, 4.69) is 13.7 Å². The molecule has 0 aromatic carbocycles. The first-order valence-corrected chi connectivity index (χ1v) is 3.95. The van der Waals surface area contributed by atoms with Crippen LogP contribution in [0, 0.1) is 0 Å². The second-order valence-electron chi connectivity index (χ2n) is 1.85. The molecule has 0 atom stereocenters. The molecular weight excluding hydrogens is 184 g/mol. The van der Waals surface area contributed by atoms with Gasteiger partial charge in [0.1, 0.15) is 6.33 Å². The van der Waals surface area contributed by atoms with E-state index in [-0.39, 0.29) is 0 Å². The molecule has 6 heteroatoms. The van der Waals surface area contributed by atoms with Crippen LogP contribution in [-0.4, -0.2) is 18.3 Å². The smallest absolute Gasteiger partial charge is 0.191 e. The third kappa shape index (κ3) is 1.12. The van der Waals surface area contributed by atoms with E-state index in [1.54, 1.807) is 23.3 Å². The number of hydrogen-bond acceptors (Lipinski definition) is 4. The normalized spacial score (nSPS) is 10.3. The van der Waals surface area contributed by atoms with Crippen molar-refractivity contribution in [3.8, 4) is 5.82 Å². The molecule has 11 heavy (non-hydrogen) atoms. The zero-order chi connectivity index (χ0) is 7.68. The van der Waals surface area contributed by atoms with E-state index in [9.17, 15) is 0 Å². The molecule has 0 fully saturated rings. The Morgan fingerprint density at radius 2 is 2.36 bits per heavy atom. The second kappa shape index (κ2) is 2.60. The maximum atomic E-state index is 5.72. The van der Waals surface area contributed by atoms with Crippen LogP contribution in [0.1, 0.15) is 0 Å². The lowest BCUT2D eigenvalue weighted by Crippen LogP contribution is -1.89. The Labute approximate surface area is 71.8 Å². The van der Waals surface area contributed by atoms with Crippen LogP contribution in [0.3, 0.4) is 0 Å². The molecular formula is C5H3ClN4S. The molecule has 56 valence electrons. The molecule has 0 bridgehead atoms. The maximum Gasteiger partial charge on any atom is 0.191 e. The number of nitrogens with zero attached hydrogens (tertiary/aromatic N) is 4. The molecule has 0 aliphatic rings. The lowest BCUT2D eigenvalue weighted by atomic mass is 10.7. The topological polar surface area (TPSA) is 43.6 Å². The van der Waals surface area contributed by atoms with Gasteiger partial charge in [-0.2, -0.15) is 8.75 Å². The summed E-state index contributed by atoms with van der Waals surface area (Å²) in [4.78, 5) is 3.86. The van der Waals surface area contributed by atoms with Crippen LogP contribution in [0.5, 0.6) is 0 Å². The van der Waals surface area contributed by atoms with Crippen LogP contribution in [0.15, 0.2) is 18.7 Å². The Morgan fingerprint density at radius 3 is 2.91 bits per heavy atom. The molecule has 0 amide bonds. The van der Waals surface area contributed by atoms with Crippen molar-refractivity contribution in [2.24, 2.45) is 0 Å². The van der Waals surface area contributed by atoms with Crippen LogP contribution in [-0.2, 0) is 0 Å². The van der Waals surface area contributed by atoms with E-state index < -0.39 is 0 Å². The largest absolute Gasteiger partial charge is 0.287 e. The average molecular weight is 187 g/mol. The second-order valence-corrected chi connectivity index (χ2v) is 2.74. The molecule has 0 N–H and O–H groups in total. The fraction of sp³-hybridized carbons (Fsp3) is 0. The number of imidazole rings is 1. The summed E-state index contributed by atoms with van der Waals surface area (Å²) < 4.78 is 9.51. The van der Waals surface area contributed by atoms with Crippen LogP contribution in [0.25, 0.3) is 5.82 Å². The molecule has 0 spiro atoms. The summed E-state index contributed by atoms with van der Waals surface area (Å²) in [7, 11) is 0. The van der Waals surface area contributed by atoms with Gasteiger partial charge in [0, 0.05) is 12.4 Å². The molecule has 0 aliphatic carbocycles. The summed E-state index contributed by atoms with van der Waals surface area (Å²) in [6, 6.07) is 0. The van der Waals surface area contributed by atoms with Crippen LogP contribution >= 0.6 is 23.3 Å². The molecule has 2 aromatic heterocycles. The summed E-state index contributed by atoms with van der Waals surface area (Å²) in [5.74, 6) is 0.633. The van der Waals surface area contributed by atoms with Gasteiger partial charge in [0.05, 0.1) is 11.7 Å². The summed E-state index contributed by atoms with van der Waals surface area (Å²) in [6.07, 6.45) is 5.06. The molecule has 0 radical (unpaired) electrons. The van der Waals surface area contributed by atoms with Crippen molar-refractivity contribution in [3.63, 3.8) is 0 Å². The minimum Gasteiger partial charge on any atom is -0.287 e. The highest BCUT2D eigenvalue weighted by Gasteiger charge is 2.05. The SMILES string of the molecule is Clc1nsnc1-n1ccnc1. The zero-order valence-electron chi connectivity index (χ0n) is 5.31.